The van der Waals surface area contributed by atoms with Gasteiger partial charge in [0, 0.05) is 12.1 Å². The monoisotopic (exact) mass is 291 g/mol. The van der Waals surface area contributed by atoms with E-state index in [1.807, 2.05) is 0 Å². The zero-order valence-electron chi connectivity index (χ0n) is 11.6. The minimum atomic E-state index is -0.397. The van der Waals surface area contributed by atoms with Crippen LogP contribution in [-0.4, -0.2) is 12.5 Å². The second kappa shape index (κ2) is 4.13. The molecule has 4 nitrogen and oxygen atoms in total. The van der Waals surface area contributed by atoms with Crippen LogP contribution in [0.15, 0.2) is 0 Å². The van der Waals surface area contributed by atoms with Crippen molar-refractivity contribution in [1.29, 1.82) is 0 Å². The lowest BCUT2D eigenvalue weighted by molar-refractivity contribution is 0.100. The van der Waals surface area contributed by atoms with Crippen molar-refractivity contribution in [2.75, 3.05) is 17.6 Å². The predicted molar refractivity (Wildman–Crippen MR) is 82.1 cm³/mol. The summed E-state index contributed by atoms with van der Waals surface area (Å²) >= 11 is 1.45. The van der Waals surface area contributed by atoms with Crippen LogP contribution in [0.25, 0.3) is 0 Å². The van der Waals surface area contributed by atoms with Gasteiger partial charge in [-0.1, -0.05) is 0 Å². The van der Waals surface area contributed by atoms with Crippen LogP contribution in [0.4, 0.5) is 10.7 Å². The van der Waals surface area contributed by atoms with Gasteiger partial charge in [0.05, 0.1) is 10.7 Å². The van der Waals surface area contributed by atoms with Crippen molar-refractivity contribution >= 4 is 27.9 Å². The van der Waals surface area contributed by atoms with E-state index in [1.54, 1.807) is 0 Å². The number of anilines is 2. The van der Waals surface area contributed by atoms with E-state index in [4.69, 9.17) is 11.5 Å². The van der Waals surface area contributed by atoms with Gasteiger partial charge in [0.15, 0.2) is 0 Å². The normalized spacial score (nSPS) is 23.6. The summed E-state index contributed by atoms with van der Waals surface area (Å²) in [5, 5.41) is 4.71. The summed E-state index contributed by atoms with van der Waals surface area (Å²) < 4.78 is 0. The number of primary amides is 1. The lowest BCUT2D eigenvalue weighted by atomic mass is 10.0. The van der Waals surface area contributed by atoms with Crippen molar-refractivity contribution in [2.24, 2.45) is 17.1 Å². The predicted octanol–water partition coefficient (Wildman–Crippen LogP) is 2.91. The Morgan fingerprint density at radius 3 is 2.50 bits per heavy atom. The van der Waals surface area contributed by atoms with Crippen molar-refractivity contribution in [3.8, 4) is 0 Å². The van der Waals surface area contributed by atoms with E-state index in [0.717, 1.165) is 23.0 Å². The van der Waals surface area contributed by atoms with Gasteiger partial charge in [-0.15, -0.1) is 11.3 Å². The molecule has 0 spiro atoms. The molecular formula is C15H21N3OS. The number of nitrogen functional groups attached to an aromatic ring is 1. The second-order valence-electron chi connectivity index (χ2n) is 6.72. The van der Waals surface area contributed by atoms with Crippen LogP contribution in [0.1, 0.15) is 59.7 Å². The molecule has 3 saturated carbocycles. The van der Waals surface area contributed by atoms with Gasteiger partial charge in [-0.25, -0.2) is 0 Å². The van der Waals surface area contributed by atoms with Gasteiger partial charge in [0.1, 0.15) is 4.88 Å². The molecule has 3 aliphatic rings. The molecule has 1 amide bonds. The van der Waals surface area contributed by atoms with Crippen LogP contribution in [0.3, 0.4) is 0 Å². The van der Waals surface area contributed by atoms with E-state index in [-0.39, 0.29) is 0 Å². The van der Waals surface area contributed by atoms with Gasteiger partial charge in [-0.05, 0) is 55.8 Å². The molecule has 0 saturated heterocycles. The van der Waals surface area contributed by atoms with Gasteiger partial charge in [-0.2, -0.15) is 0 Å². The van der Waals surface area contributed by atoms with Crippen LogP contribution in [0.5, 0.6) is 0 Å². The molecule has 0 radical (unpaired) electrons. The minimum Gasteiger partial charge on any atom is -0.397 e. The molecule has 20 heavy (non-hydrogen) atoms. The van der Waals surface area contributed by atoms with Crippen LogP contribution in [-0.2, 0) is 0 Å². The number of hydrogen-bond acceptors (Lipinski definition) is 4. The standard InChI is InChI=1S/C15H21N3OS/c16-11-10(8-1-2-8)14(20-12(11)13(17)19)18-7-15(5-6-15)9-3-4-9/h8-9,18H,1-7,16H2,(H2,17,19). The SMILES string of the molecule is NC(=O)c1sc(NCC2(C3CC3)CC2)c(C2CC2)c1N. The number of thiophene rings is 1. The van der Waals surface area contributed by atoms with Gasteiger partial charge >= 0.3 is 0 Å². The molecule has 1 aromatic heterocycles. The van der Waals surface area contributed by atoms with Gasteiger partial charge in [-0.3, -0.25) is 4.79 Å². The van der Waals surface area contributed by atoms with E-state index in [9.17, 15) is 4.79 Å². The Morgan fingerprint density at radius 1 is 1.30 bits per heavy atom. The summed E-state index contributed by atoms with van der Waals surface area (Å²) in [7, 11) is 0. The average Bonchev–Trinajstić information content (AvgIpc) is 3.21. The fraction of sp³-hybridized carbons (Fsp3) is 0.667. The summed E-state index contributed by atoms with van der Waals surface area (Å²) in [5.74, 6) is 1.08. The largest absolute Gasteiger partial charge is 0.397 e. The van der Waals surface area contributed by atoms with Crippen LogP contribution in [0, 0.1) is 11.3 Å². The smallest absolute Gasteiger partial charge is 0.260 e. The molecule has 0 aliphatic heterocycles. The summed E-state index contributed by atoms with van der Waals surface area (Å²) in [6, 6.07) is 0. The lowest BCUT2D eigenvalue weighted by Crippen LogP contribution is -2.17. The van der Waals surface area contributed by atoms with Crippen molar-refractivity contribution < 1.29 is 4.79 Å². The number of nitrogens with two attached hydrogens (primary N) is 2. The number of amides is 1. The third kappa shape index (κ3) is 1.99. The van der Waals surface area contributed by atoms with Crippen LogP contribution in [0.2, 0.25) is 0 Å². The first-order valence-corrected chi connectivity index (χ1v) is 8.38. The van der Waals surface area contributed by atoms with E-state index < -0.39 is 5.91 Å². The fourth-order valence-corrected chi connectivity index (χ4v) is 4.45. The zero-order chi connectivity index (χ0) is 13.9. The second-order valence-corrected chi connectivity index (χ2v) is 7.74. The molecule has 3 aliphatic carbocycles. The Hall–Kier alpha value is -1.23. The van der Waals surface area contributed by atoms with Crippen molar-refractivity contribution in [2.45, 2.75) is 44.4 Å². The fourth-order valence-electron chi connectivity index (χ4n) is 3.39. The Bertz CT molecular complexity index is 568. The first-order chi connectivity index (χ1) is 9.61. The van der Waals surface area contributed by atoms with E-state index >= 15 is 0 Å². The number of carbonyl (C=O) groups is 1. The quantitative estimate of drug-likeness (QED) is 0.753. The highest BCUT2D eigenvalue weighted by atomic mass is 32.1. The molecule has 4 rings (SSSR count). The Balaban J connectivity index is 1.57. The maximum atomic E-state index is 11.5. The topological polar surface area (TPSA) is 81.1 Å². The summed E-state index contributed by atoms with van der Waals surface area (Å²) in [5.41, 5.74) is 13.9. The molecule has 5 N–H and O–H groups in total. The van der Waals surface area contributed by atoms with Crippen LogP contribution < -0.4 is 16.8 Å². The summed E-state index contributed by atoms with van der Waals surface area (Å²) in [4.78, 5) is 12.0. The number of nitrogens with one attached hydrogen (secondary N) is 1. The maximum Gasteiger partial charge on any atom is 0.260 e. The molecule has 0 aromatic carbocycles. The highest BCUT2D eigenvalue weighted by Crippen LogP contribution is 2.61. The molecule has 3 fully saturated rings. The highest BCUT2D eigenvalue weighted by Gasteiger charge is 2.53. The Morgan fingerprint density at radius 2 is 2.00 bits per heavy atom. The lowest BCUT2D eigenvalue weighted by Gasteiger charge is -2.16. The molecule has 108 valence electrons. The molecule has 1 aromatic rings. The van der Waals surface area contributed by atoms with Crippen molar-refractivity contribution in [1.82, 2.24) is 0 Å². The van der Waals surface area contributed by atoms with Gasteiger partial charge in [0.25, 0.3) is 5.91 Å². The molecule has 5 heteroatoms. The van der Waals surface area contributed by atoms with Gasteiger partial charge < -0.3 is 16.8 Å². The molecule has 0 atom stereocenters. The van der Waals surface area contributed by atoms with Gasteiger partial charge in [0.2, 0.25) is 0 Å². The number of rotatable bonds is 6. The van der Waals surface area contributed by atoms with E-state index in [0.29, 0.717) is 21.9 Å². The molecule has 0 bridgehead atoms. The first kappa shape index (κ1) is 12.5. The first-order valence-electron chi connectivity index (χ1n) is 7.56. The summed E-state index contributed by atoms with van der Waals surface area (Å²) in [6.45, 7) is 1.04. The zero-order valence-corrected chi connectivity index (χ0v) is 12.4. The minimum absolute atomic E-state index is 0.397. The number of carbonyl (C=O) groups excluding carboxylic acids is 1. The third-order valence-electron chi connectivity index (χ3n) is 5.13. The molecule has 0 unspecified atom stereocenters. The average molecular weight is 291 g/mol. The van der Waals surface area contributed by atoms with Crippen molar-refractivity contribution in [3.63, 3.8) is 0 Å². The summed E-state index contributed by atoms with van der Waals surface area (Å²) in [6.07, 6.45) is 7.87. The highest BCUT2D eigenvalue weighted by molar-refractivity contribution is 7.18. The van der Waals surface area contributed by atoms with Crippen molar-refractivity contribution in [3.05, 3.63) is 10.4 Å². The molecular weight excluding hydrogens is 270 g/mol. The third-order valence-corrected chi connectivity index (χ3v) is 6.32. The van der Waals surface area contributed by atoms with E-state index in [1.165, 1.54) is 49.9 Å². The van der Waals surface area contributed by atoms with Crippen LogP contribution >= 0.6 is 11.3 Å². The maximum absolute atomic E-state index is 11.5. The van der Waals surface area contributed by atoms with E-state index in [2.05, 4.69) is 5.32 Å². The number of hydrogen-bond donors (Lipinski definition) is 3. The molecule has 1 heterocycles. The Labute approximate surface area is 122 Å². The Kier molecular flexibility index (Phi) is 2.58.